The SMILES string of the molecule is O=C(CN1C(=O)C2CCCN2c2[nH+]cc(Cl)cc21)Nc1cccc(F)c1. The van der Waals surface area contributed by atoms with Gasteiger partial charge in [-0.25, -0.2) is 14.3 Å². The van der Waals surface area contributed by atoms with Gasteiger partial charge >= 0.3 is 0 Å². The molecule has 0 spiro atoms. The van der Waals surface area contributed by atoms with Crippen molar-refractivity contribution in [2.45, 2.75) is 18.9 Å². The number of nitrogens with zero attached hydrogens (tertiary/aromatic N) is 2. The molecule has 1 saturated heterocycles. The maximum absolute atomic E-state index is 13.3. The molecular weight excluding hydrogens is 359 g/mol. The molecule has 26 heavy (non-hydrogen) atoms. The monoisotopic (exact) mass is 375 g/mol. The number of pyridine rings is 1. The number of aromatic nitrogens is 1. The predicted octanol–water partition coefficient (Wildman–Crippen LogP) is 2.25. The number of rotatable bonds is 3. The van der Waals surface area contributed by atoms with Gasteiger partial charge < -0.3 is 5.32 Å². The van der Waals surface area contributed by atoms with E-state index in [1.54, 1.807) is 18.3 Å². The normalized spacial score (nSPS) is 18.5. The van der Waals surface area contributed by atoms with E-state index in [1.165, 1.54) is 23.1 Å². The molecule has 134 valence electrons. The highest BCUT2D eigenvalue weighted by atomic mass is 35.5. The molecule has 1 fully saturated rings. The van der Waals surface area contributed by atoms with Gasteiger partial charge in [-0.1, -0.05) is 17.7 Å². The molecule has 0 aliphatic carbocycles. The molecule has 1 atom stereocenters. The third-order valence-electron chi connectivity index (χ3n) is 4.66. The van der Waals surface area contributed by atoms with E-state index in [9.17, 15) is 14.0 Å². The van der Waals surface area contributed by atoms with Crippen molar-refractivity contribution in [1.29, 1.82) is 0 Å². The molecule has 0 bridgehead atoms. The standard InChI is InChI=1S/C18H16ClFN4O2/c19-11-7-15-17(21-9-11)23-6-2-5-14(23)18(26)24(15)10-16(25)22-13-4-1-3-12(20)8-13/h1,3-4,7-9,14H,2,5-6,10H2,(H,22,25)/p+1. The van der Waals surface area contributed by atoms with E-state index in [0.29, 0.717) is 16.4 Å². The van der Waals surface area contributed by atoms with E-state index in [-0.39, 0.29) is 18.5 Å². The molecular formula is C18H17ClFN4O2+. The Balaban J connectivity index is 1.61. The molecule has 1 aromatic carbocycles. The molecule has 2 aliphatic heterocycles. The molecule has 2 amide bonds. The smallest absolute Gasteiger partial charge is 0.299 e. The maximum atomic E-state index is 13.3. The average Bonchev–Trinajstić information content (AvgIpc) is 3.08. The minimum absolute atomic E-state index is 0.125. The van der Waals surface area contributed by atoms with Gasteiger partial charge in [0.25, 0.3) is 11.7 Å². The van der Waals surface area contributed by atoms with Crippen molar-refractivity contribution in [1.82, 2.24) is 0 Å². The van der Waals surface area contributed by atoms with Crippen molar-refractivity contribution in [2.24, 2.45) is 0 Å². The van der Waals surface area contributed by atoms with Crippen LogP contribution in [0.15, 0.2) is 36.5 Å². The van der Waals surface area contributed by atoms with Crippen LogP contribution in [0, 0.1) is 5.82 Å². The van der Waals surface area contributed by atoms with Gasteiger partial charge in [-0.05, 0) is 30.7 Å². The summed E-state index contributed by atoms with van der Waals surface area (Å²) in [6.45, 7) is 0.617. The van der Waals surface area contributed by atoms with Crippen LogP contribution >= 0.6 is 11.6 Å². The summed E-state index contributed by atoms with van der Waals surface area (Å²) in [4.78, 5) is 31.9. The Bertz CT molecular complexity index is 891. The number of carbonyl (C=O) groups is 2. The molecule has 1 aromatic heterocycles. The number of fused-ring (bicyclic) bond motifs is 3. The van der Waals surface area contributed by atoms with Gasteiger partial charge in [0.1, 0.15) is 24.2 Å². The summed E-state index contributed by atoms with van der Waals surface area (Å²) in [5.74, 6) is -0.179. The van der Waals surface area contributed by atoms with Gasteiger partial charge in [0, 0.05) is 12.1 Å². The number of H-pyrrole nitrogens is 1. The maximum Gasteiger partial charge on any atom is 0.299 e. The average molecular weight is 376 g/mol. The van der Waals surface area contributed by atoms with Crippen LogP contribution in [-0.2, 0) is 9.59 Å². The van der Waals surface area contributed by atoms with E-state index in [2.05, 4.69) is 10.3 Å². The first-order valence-electron chi connectivity index (χ1n) is 8.37. The van der Waals surface area contributed by atoms with Crippen molar-refractivity contribution in [3.63, 3.8) is 0 Å². The van der Waals surface area contributed by atoms with Crippen LogP contribution in [0.25, 0.3) is 0 Å². The summed E-state index contributed by atoms with van der Waals surface area (Å²) < 4.78 is 13.3. The van der Waals surface area contributed by atoms with Gasteiger partial charge in [0.15, 0.2) is 6.04 Å². The van der Waals surface area contributed by atoms with Crippen molar-refractivity contribution >= 4 is 40.6 Å². The van der Waals surface area contributed by atoms with Crippen LogP contribution in [0.4, 0.5) is 21.6 Å². The molecule has 2 aromatic rings. The number of amides is 2. The summed E-state index contributed by atoms with van der Waals surface area (Å²) in [7, 11) is 0. The lowest BCUT2D eigenvalue weighted by Crippen LogP contribution is -2.54. The fourth-order valence-corrected chi connectivity index (χ4v) is 3.71. The third-order valence-corrected chi connectivity index (χ3v) is 4.87. The van der Waals surface area contributed by atoms with Crippen molar-refractivity contribution < 1.29 is 19.0 Å². The van der Waals surface area contributed by atoms with E-state index >= 15 is 0 Å². The zero-order valence-corrected chi connectivity index (χ0v) is 14.6. The lowest BCUT2D eigenvalue weighted by atomic mass is 10.1. The molecule has 6 nitrogen and oxygen atoms in total. The van der Waals surface area contributed by atoms with Gasteiger partial charge in [-0.2, -0.15) is 0 Å². The summed E-state index contributed by atoms with van der Waals surface area (Å²) >= 11 is 6.09. The lowest BCUT2D eigenvalue weighted by Gasteiger charge is -2.33. The highest BCUT2D eigenvalue weighted by Crippen LogP contribution is 2.37. The Morgan fingerprint density at radius 2 is 2.23 bits per heavy atom. The molecule has 3 heterocycles. The molecule has 2 N–H and O–H groups in total. The van der Waals surface area contributed by atoms with E-state index < -0.39 is 11.7 Å². The molecule has 0 saturated carbocycles. The molecule has 4 rings (SSSR count). The van der Waals surface area contributed by atoms with Crippen LogP contribution < -0.4 is 20.1 Å². The zero-order valence-electron chi connectivity index (χ0n) is 13.8. The number of hydrogen-bond acceptors (Lipinski definition) is 3. The molecule has 0 radical (unpaired) electrons. The number of aromatic amines is 1. The van der Waals surface area contributed by atoms with Gasteiger partial charge in [0.05, 0.1) is 11.6 Å². The Kier molecular flexibility index (Phi) is 4.24. The number of anilines is 3. The number of halogens is 2. The lowest BCUT2D eigenvalue weighted by molar-refractivity contribution is -0.363. The first kappa shape index (κ1) is 16.8. The van der Waals surface area contributed by atoms with Crippen molar-refractivity contribution in [2.75, 3.05) is 28.2 Å². The minimum atomic E-state index is -0.440. The Labute approximate surface area is 154 Å². The number of nitrogens with one attached hydrogen (secondary N) is 2. The number of carbonyl (C=O) groups excluding carboxylic acids is 2. The van der Waals surface area contributed by atoms with Crippen molar-refractivity contribution in [3.05, 3.63) is 47.4 Å². The summed E-state index contributed by atoms with van der Waals surface area (Å²) in [6, 6.07) is 7.03. The van der Waals surface area contributed by atoms with Crippen LogP contribution in [-0.4, -0.2) is 30.9 Å². The largest absolute Gasteiger partial charge is 0.324 e. The highest BCUT2D eigenvalue weighted by Gasteiger charge is 2.47. The first-order chi connectivity index (χ1) is 12.5. The summed E-state index contributed by atoms with van der Waals surface area (Å²) in [5, 5.41) is 3.07. The van der Waals surface area contributed by atoms with Gasteiger partial charge in [0.2, 0.25) is 5.91 Å². The molecule has 2 aliphatic rings. The second kappa shape index (κ2) is 6.57. The fraction of sp³-hybridized carbons (Fsp3) is 0.278. The second-order valence-corrected chi connectivity index (χ2v) is 6.82. The summed E-state index contributed by atoms with van der Waals surface area (Å²) in [6.07, 6.45) is 3.32. The Hall–Kier alpha value is -2.67. The highest BCUT2D eigenvalue weighted by molar-refractivity contribution is 6.30. The van der Waals surface area contributed by atoms with Crippen LogP contribution in [0.5, 0.6) is 0 Å². The van der Waals surface area contributed by atoms with Crippen LogP contribution in [0.1, 0.15) is 12.8 Å². The zero-order chi connectivity index (χ0) is 18.3. The molecule has 8 heteroatoms. The topological polar surface area (TPSA) is 66.8 Å². The van der Waals surface area contributed by atoms with Crippen molar-refractivity contribution in [3.8, 4) is 0 Å². The first-order valence-corrected chi connectivity index (χ1v) is 8.75. The van der Waals surface area contributed by atoms with E-state index in [0.717, 1.165) is 25.2 Å². The summed E-state index contributed by atoms with van der Waals surface area (Å²) in [5.41, 5.74) is 0.926. The van der Waals surface area contributed by atoms with E-state index in [1.807, 2.05) is 4.90 Å². The Morgan fingerprint density at radius 3 is 3.04 bits per heavy atom. The van der Waals surface area contributed by atoms with Crippen LogP contribution in [0.2, 0.25) is 5.02 Å². The quantitative estimate of drug-likeness (QED) is 0.894. The minimum Gasteiger partial charge on any atom is -0.324 e. The number of benzene rings is 1. The molecule has 1 unspecified atom stereocenters. The number of hydrogen-bond donors (Lipinski definition) is 1. The van der Waals surface area contributed by atoms with Crippen LogP contribution in [0.3, 0.4) is 0 Å². The van der Waals surface area contributed by atoms with Gasteiger partial charge in [-0.15, -0.1) is 0 Å². The predicted molar refractivity (Wildman–Crippen MR) is 95.8 cm³/mol. The third kappa shape index (κ3) is 2.99. The van der Waals surface area contributed by atoms with Gasteiger partial charge in [-0.3, -0.25) is 14.5 Å². The fourth-order valence-electron chi connectivity index (χ4n) is 3.55. The van der Waals surface area contributed by atoms with E-state index in [4.69, 9.17) is 11.6 Å². The second-order valence-electron chi connectivity index (χ2n) is 6.39. The Morgan fingerprint density at radius 1 is 1.38 bits per heavy atom.